The Morgan fingerprint density at radius 2 is 1.83 bits per heavy atom. The number of rotatable bonds is 4. The summed E-state index contributed by atoms with van der Waals surface area (Å²) in [5, 5.41) is 2.80. The molecule has 2 aromatic rings. The Hall–Kier alpha value is -1.83. The van der Waals surface area contributed by atoms with E-state index in [1.807, 2.05) is 13.8 Å². The second kappa shape index (κ2) is 6.74. The van der Waals surface area contributed by atoms with Gasteiger partial charge in [-0.3, -0.25) is 4.79 Å². The summed E-state index contributed by atoms with van der Waals surface area (Å²) in [7, 11) is 0. The van der Waals surface area contributed by atoms with Gasteiger partial charge in [0.1, 0.15) is 5.03 Å². The number of nitrogens with zero attached hydrogens (tertiary/aromatic N) is 2. The van der Waals surface area contributed by atoms with Gasteiger partial charge in [0, 0.05) is 11.4 Å². The van der Waals surface area contributed by atoms with Gasteiger partial charge >= 0.3 is 6.18 Å². The summed E-state index contributed by atoms with van der Waals surface area (Å²) in [6.45, 7) is 5.26. The number of carbonyl (C=O) groups is 1. The molecule has 1 atom stereocenters. The predicted molar refractivity (Wildman–Crippen MR) is 83.1 cm³/mol. The third-order valence-corrected chi connectivity index (χ3v) is 4.01. The van der Waals surface area contributed by atoms with Gasteiger partial charge in [-0.05, 0) is 26.8 Å². The Labute approximate surface area is 135 Å². The van der Waals surface area contributed by atoms with Crippen LogP contribution in [0.3, 0.4) is 0 Å². The van der Waals surface area contributed by atoms with E-state index in [2.05, 4.69) is 15.3 Å². The minimum atomic E-state index is -4.64. The fourth-order valence-corrected chi connectivity index (χ4v) is 2.84. The highest BCUT2D eigenvalue weighted by Crippen LogP contribution is 2.33. The molecule has 0 fully saturated rings. The Bertz CT molecular complexity index is 719. The van der Waals surface area contributed by atoms with Crippen LogP contribution in [-0.2, 0) is 11.0 Å². The van der Waals surface area contributed by atoms with Crippen LogP contribution in [0.2, 0.25) is 0 Å². The highest BCUT2D eigenvalue weighted by atomic mass is 32.2. The van der Waals surface area contributed by atoms with Crippen LogP contribution in [0, 0.1) is 0 Å². The molecule has 124 valence electrons. The number of aromatic nitrogens is 2. The molecule has 0 radical (unpaired) electrons. The van der Waals surface area contributed by atoms with Crippen molar-refractivity contribution in [2.45, 2.75) is 43.3 Å². The first kappa shape index (κ1) is 17.5. The van der Waals surface area contributed by atoms with Gasteiger partial charge in [0.2, 0.25) is 11.7 Å². The van der Waals surface area contributed by atoms with E-state index in [9.17, 15) is 18.0 Å². The average Bonchev–Trinajstić information content (AvgIpc) is 2.45. The molecule has 0 unspecified atom stereocenters. The second-order valence-electron chi connectivity index (χ2n) is 5.29. The van der Waals surface area contributed by atoms with Gasteiger partial charge in [-0.2, -0.15) is 13.2 Å². The topological polar surface area (TPSA) is 54.9 Å². The number of halogens is 3. The molecule has 0 bridgehead atoms. The number of nitrogens with one attached hydrogen (secondary N) is 1. The van der Waals surface area contributed by atoms with E-state index in [0.29, 0.717) is 5.39 Å². The summed E-state index contributed by atoms with van der Waals surface area (Å²) in [6, 6.07) is 6.40. The van der Waals surface area contributed by atoms with Crippen LogP contribution in [0.1, 0.15) is 26.6 Å². The highest BCUT2D eigenvalue weighted by Gasteiger charge is 2.35. The second-order valence-corrected chi connectivity index (χ2v) is 6.62. The van der Waals surface area contributed by atoms with Crippen molar-refractivity contribution in [1.29, 1.82) is 0 Å². The van der Waals surface area contributed by atoms with Gasteiger partial charge in [-0.1, -0.05) is 30.0 Å². The molecule has 4 nitrogen and oxygen atoms in total. The van der Waals surface area contributed by atoms with E-state index in [1.54, 1.807) is 25.1 Å². The zero-order valence-electron chi connectivity index (χ0n) is 12.8. The van der Waals surface area contributed by atoms with Gasteiger partial charge in [0.15, 0.2) is 0 Å². The minimum absolute atomic E-state index is 0.0431. The third kappa shape index (κ3) is 4.34. The van der Waals surface area contributed by atoms with Crippen molar-refractivity contribution < 1.29 is 18.0 Å². The number of alkyl halides is 3. The van der Waals surface area contributed by atoms with E-state index in [0.717, 1.165) is 11.8 Å². The van der Waals surface area contributed by atoms with Crippen molar-refractivity contribution in [2.75, 3.05) is 0 Å². The van der Waals surface area contributed by atoms with E-state index in [4.69, 9.17) is 0 Å². The summed E-state index contributed by atoms with van der Waals surface area (Å²) < 4.78 is 38.9. The van der Waals surface area contributed by atoms with Crippen LogP contribution < -0.4 is 5.32 Å². The summed E-state index contributed by atoms with van der Waals surface area (Å²) in [5.41, 5.74) is 0.203. The predicted octanol–water partition coefficient (Wildman–Crippen LogP) is 3.65. The molecule has 1 aromatic heterocycles. The lowest BCUT2D eigenvalue weighted by Gasteiger charge is -2.15. The van der Waals surface area contributed by atoms with Crippen LogP contribution in [0.4, 0.5) is 13.2 Å². The van der Waals surface area contributed by atoms with Crippen molar-refractivity contribution in [1.82, 2.24) is 15.3 Å². The van der Waals surface area contributed by atoms with E-state index >= 15 is 0 Å². The largest absolute Gasteiger partial charge is 0.451 e. The van der Waals surface area contributed by atoms with Gasteiger partial charge in [-0.15, -0.1) is 0 Å². The molecule has 0 saturated heterocycles. The Morgan fingerprint density at radius 1 is 1.17 bits per heavy atom. The van der Waals surface area contributed by atoms with Gasteiger partial charge in [-0.25, -0.2) is 9.97 Å². The molecule has 2 rings (SSSR count). The molecular formula is C15H16F3N3OS. The molecule has 1 heterocycles. The smallest absolute Gasteiger partial charge is 0.353 e. The number of carbonyl (C=O) groups excluding carboxylic acids is 1. The van der Waals surface area contributed by atoms with Crippen LogP contribution in [0.25, 0.3) is 10.9 Å². The Balaban J connectivity index is 2.40. The minimum Gasteiger partial charge on any atom is -0.353 e. The number of hydrogen-bond donors (Lipinski definition) is 1. The van der Waals surface area contributed by atoms with Crippen molar-refractivity contribution in [3.63, 3.8) is 0 Å². The molecule has 0 aliphatic rings. The number of benzene rings is 1. The van der Waals surface area contributed by atoms with Crippen molar-refractivity contribution in [3.8, 4) is 0 Å². The average molecular weight is 343 g/mol. The van der Waals surface area contributed by atoms with Crippen LogP contribution in [-0.4, -0.2) is 27.2 Å². The molecule has 23 heavy (non-hydrogen) atoms. The lowest BCUT2D eigenvalue weighted by atomic mass is 10.2. The van der Waals surface area contributed by atoms with Gasteiger partial charge < -0.3 is 5.32 Å². The molecule has 0 aliphatic heterocycles. The SMILES string of the molecule is CC(C)NC(=O)[C@@H](C)Sc1nc(C(F)(F)F)nc2ccccc12. The lowest BCUT2D eigenvalue weighted by Crippen LogP contribution is -2.35. The number of para-hydroxylation sites is 1. The van der Waals surface area contributed by atoms with Crippen LogP contribution in [0.5, 0.6) is 0 Å². The molecule has 0 spiro atoms. The monoisotopic (exact) mass is 343 g/mol. The number of amides is 1. The molecule has 1 aromatic carbocycles. The number of fused-ring (bicyclic) bond motifs is 1. The third-order valence-electron chi connectivity index (χ3n) is 2.91. The van der Waals surface area contributed by atoms with Crippen molar-refractivity contribution in [2.24, 2.45) is 0 Å². The van der Waals surface area contributed by atoms with E-state index in [-0.39, 0.29) is 22.5 Å². The molecule has 0 aliphatic carbocycles. The van der Waals surface area contributed by atoms with E-state index < -0.39 is 17.3 Å². The van der Waals surface area contributed by atoms with E-state index in [1.165, 1.54) is 6.07 Å². The van der Waals surface area contributed by atoms with Crippen LogP contribution in [0.15, 0.2) is 29.3 Å². The quantitative estimate of drug-likeness (QED) is 0.680. The van der Waals surface area contributed by atoms with Gasteiger partial charge in [0.25, 0.3) is 0 Å². The maximum absolute atomic E-state index is 13.0. The van der Waals surface area contributed by atoms with Crippen LogP contribution >= 0.6 is 11.8 Å². The summed E-state index contributed by atoms with van der Waals surface area (Å²) in [5.74, 6) is -1.45. The van der Waals surface area contributed by atoms with Crippen molar-refractivity contribution >= 4 is 28.6 Å². The highest BCUT2D eigenvalue weighted by molar-refractivity contribution is 8.00. The zero-order chi connectivity index (χ0) is 17.2. The first-order chi connectivity index (χ1) is 10.7. The maximum atomic E-state index is 13.0. The fourth-order valence-electron chi connectivity index (χ4n) is 1.89. The Kier molecular flexibility index (Phi) is 5.13. The first-order valence-electron chi connectivity index (χ1n) is 6.99. The maximum Gasteiger partial charge on any atom is 0.451 e. The van der Waals surface area contributed by atoms with Crippen molar-refractivity contribution in [3.05, 3.63) is 30.1 Å². The molecule has 0 saturated carbocycles. The molecular weight excluding hydrogens is 327 g/mol. The standard InChI is InChI=1S/C15H16F3N3OS/c1-8(2)19-12(22)9(3)23-13-10-6-4-5-7-11(10)20-14(21-13)15(16,17)18/h4-9H,1-3H3,(H,19,22)/t9-/m1/s1. The summed E-state index contributed by atoms with van der Waals surface area (Å²) >= 11 is 0.990. The zero-order valence-corrected chi connectivity index (χ0v) is 13.6. The number of hydrogen-bond acceptors (Lipinski definition) is 4. The molecule has 1 amide bonds. The number of thioether (sulfide) groups is 1. The summed E-state index contributed by atoms with van der Waals surface area (Å²) in [4.78, 5) is 19.2. The molecule has 1 N–H and O–H groups in total. The molecule has 8 heteroatoms. The summed E-state index contributed by atoms with van der Waals surface area (Å²) in [6.07, 6.45) is -4.64. The lowest BCUT2D eigenvalue weighted by molar-refractivity contribution is -0.145. The first-order valence-corrected chi connectivity index (χ1v) is 7.87. The Morgan fingerprint density at radius 3 is 2.43 bits per heavy atom. The fraction of sp³-hybridized carbons (Fsp3) is 0.400. The van der Waals surface area contributed by atoms with Gasteiger partial charge in [0.05, 0.1) is 10.8 Å². The normalized spacial score (nSPS) is 13.3.